The molecule has 5 nitrogen and oxygen atoms in total. The number of aromatic amines is 1. The van der Waals surface area contributed by atoms with Crippen molar-refractivity contribution in [3.05, 3.63) is 35.5 Å². The number of fused-ring (bicyclic) bond motifs is 6. The second-order valence-electron chi connectivity index (χ2n) is 8.25. The summed E-state index contributed by atoms with van der Waals surface area (Å²) in [5, 5.41) is 12.0. The van der Waals surface area contributed by atoms with E-state index < -0.39 is 12.0 Å². The molecule has 3 heterocycles. The molecule has 2 aliphatic heterocycles. The number of ether oxygens (including phenoxy) is 1. The average Bonchev–Trinajstić information content (AvgIpc) is 3.06. The minimum Gasteiger partial charge on any atom is -0.469 e. The number of aliphatic hydroxyl groups excluding tert-OH is 1. The van der Waals surface area contributed by atoms with Gasteiger partial charge in [-0.05, 0) is 42.7 Å². The fourth-order valence-corrected chi connectivity index (χ4v) is 6.74. The van der Waals surface area contributed by atoms with E-state index in [0.29, 0.717) is 12.3 Å². The summed E-state index contributed by atoms with van der Waals surface area (Å²) in [5.74, 6) is -0.201. The van der Waals surface area contributed by atoms with E-state index in [0.717, 1.165) is 25.9 Å². The van der Waals surface area contributed by atoms with Gasteiger partial charge in [-0.3, -0.25) is 9.69 Å². The van der Waals surface area contributed by atoms with Gasteiger partial charge in [0.2, 0.25) is 0 Å². The number of nitrogens with zero attached hydrogens (tertiary/aromatic N) is 1. The van der Waals surface area contributed by atoms with Gasteiger partial charge in [-0.25, -0.2) is 0 Å². The lowest BCUT2D eigenvalue weighted by atomic mass is 9.65. The highest BCUT2D eigenvalue weighted by Crippen LogP contribution is 2.50. The molecule has 1 aliphatic carbocycles. The number of H-pyrrole nitrogens is 1. The van der Waals surface area contributed by atoms with Crippen LogP contribution in [0.3, 0.4) is 0 Å². The highest BCUT2D eigenvalue weighted by molar-refractivity contribution is 9.09. The number of nitrogens with one attached hydrogen (secondary N) is 1. The van der Waals surface area contributed by atoms with Gasteiger partial charge in [-0.15, -0.1) is 0 Å². The smallest absolute Gasteiger partial charge is 0.311 e. The summed E-state index contributed by atoms with van der Waals surface area (Å²) in [5.41, 5.74) is 3.92. The van der Waals surface area contributed by atoms with E-state index in [1.807, 2.05) is 0 Å². The first-order valence-corrected chi connectivity index (χ1v) is 10.7. The molecule has 3 aliphatic rings. The predicted molar refractivity (Wildman–Crippen MR) is 107 cm³/mol. The minimum atomic E-state index is -0.639. The number of benzene rings is 1. The van der Waals surface area contributed by atoms with E-state index in [1.54, 1.807) is 0 Å². The number of para-hydroxylation sites is 1. The van der Waals surface area contributed by atoms with Crippen LogP contribution in [0.4, 0.5) is 0 Å². The topological polar surface area (TPSA) is 65.6 Å². The molecule has 0 spiro atoms. The molecular weight excluding hydrogens is 408 g/mol. The molecule has 1 aromatic carbocycles. The van der Waals surface area contributed by atoms with Crippen molar-refractivity contribution in [2.24, 2.45) is 17.8 Å². The summed E-state index contributed by atoms with van der Waals surface area (Å²) in [6, 6.07) is 8.78. The Labute approximate surface area is 167 Å². The number of hydrogen-bond acceptors (Lipinski definition) is 4. The van der Waals surface area contributed by atoms with Crippen molar-refractivity contribution in [3.8, 4) is 0 Å². The molecule has 6 atom stereocenters. The van der Waals surface area contributed by atoms with E-state index >= 15 is 0 Å². The lowest BCUT2D eigenvalue weighted by molar-refractivity contribution is -0.159. The number of aromatic nitrogens is 1. The Balaban J connectivity index is 1.54. The summed E-state index contributed by atoms with van der Waals surface area (Å²) in [7, 11) is 1.43. The number of hydrogen-bond donors (Lipinski definition) is 2. The van der Waals surface area contributed by atoms with Gasteiger partial charge in [0.15, 0.2) is 0 Å². The third-order valence-electron chi connectivity index (χ3n) is 7.04. The summed E-state index contributed by atoms with van der Waals surface area (Å²) in [4.78, 5) is 18.9. The van der Waals surface area contributed by atoms with Crippen LogP contribution in [0.15, 0.2) is 24.3 Å². The van der Waals surface area contributed by atoms with Crippen LogP contribution >= 0.6 is 15.9 Å². The van der Waals surface area contributed by atoms with E-state index in [4.69, 9.17) is 4.74 Å². The lowest BCUT2D eigenvalue weighted by Gasteiger charge is -2.52. The molecular formula is C21H25BrN2O3. The van der Waals surface area contributed by atoms with Crippen molar-refractivity contribution >= 4 is 32.8 Å². The highest BCUT2D eigenvalue weighted by atomic mass is 79.9. The Kier molecular flexibility index (Phi) is 4.33. The maximum atomic E-state index is 12.5. The zero-order valence-corrected chi connectivity index (χ0v) is 17.0. The standard InChI is InChI=1S/C21H25BrN2O3/c1-27-21(26)19-13-8-17-20-12(11-4-2-3-5-16(11)23-20)6-7-24(17)10-14(13)15(22)9-18(19)25/h2-5,13-15,17-19,23,25H,6-10H2,1H3/t13-,14-,15+,17-,18-,19-/m1/s1. The van der Waals surface area contributed by atoms with Crippen molar-refractivity contribution in [1.29, 1.82) is 0 Å². The normalized spacial score (nSPS) is 36.0. The summed E-state index contributed by atoms with van der Waals surface area (Å²) >= 11 is 3.80. The quantitative estimate of drug-likeness (QED) is 0.536. The van der Waals surface area contributed by atoms with E-state index in [1.165, 1.54) is 29.3 Å². The monoisotopic (exact) mass is 432 g/mol. The van der Waals surface area contributed by atoms with Crippen LogP contribution < -0.4 is 0 Å². The third-order valence-corrected chi connectivity index (χ3v) is 8.09. The van der Waals surface area contributed by atoms with Crippen molar-refractivity contribution in [3.63, 3.8) is 0 Å². The zero-order chi connectivity index (χ0) is 18.7. The average molecular weight is 433 g/mol. The van der Waals surface area contributed by atoms with E-state index in [9.17, 15) is 9.90 Å². The second-order valence-corrected chi connectivity index (χ2v) is 9.43. The molecule has 0 amide bonds. The molecule has 0 bridgehead atoms. The van der Waals surface area contributed by atoms with Crippen LogP contribution in [0.1, 0.15) is 30.1 Å². The second kappa shape index (κ2) is 6.61. The maximum absolute atomic E-state index is 12.5. The number of halogens is 1. The van der Waals surface area contributed by atoms with Crippen LogP contribution in [0, 0.1) is 17.8 Å². The molecule has 5 rings (SSSR count). The third kappa shape index (κ3) is 2.68. The molecule has 144 valence electrons. The number of esters is 1. The molecule has 2 N–H and O–H groups in total. The van der Waals surface area contributed by atoms with Crippen LogP contribution in [0.25, 0.3) is 10.9 Å². The number of carbonyl (C=O) groups is 1. The Morgan fingerprint density at radius 2 is 2.11 bits per heavy atom. The van der Waals surface area contributed by atoms with Gasteiger partial charge in [0.1, 0.15) is 0 Å². The molecule has 27 heavy (non-hydrogen) atoms. The van der Waals surface area contributed by atoms with Gasteiger partial charge < -0.3 is 14.8 Å². The number of alkyl halides is 1. The lowest BCUT2D eigenvalue weighted by Crippen LogP contribution is -2.56. The highest BCUT2D eigenvalue weighted by Gasteiger charge is 2.52. The molecule has 1 aromatic heterocycles. The summed E-state index contributed by atoms with van der Waals surface area (Å²) < 4.78 is 5.06. The molecule has 2 aromatic rings. The zero-order valence-electron chi connectivity index (χ0n) is 15.4. The summed E-state index contributed by atoms with van der Waals surface area (Å²) in [6.07, 6.45) is 1.91. The Hall–Kier alpha value is -1.37. The van der Waals surface area contributed by atoms with Gasteiger partial charge >= 0.3 is 5.97 Å². The fourth-order valence-electron chi connectivity index (χ4n) is 5.79. The van der Waals surface area contributed by atoms with Gasteiger partial charge in [-0.2, -0.15) is 0 Å². The van der Waals surface area contributed by atoms with E-state index in [2.05, 4.69) is 50.1 Å². The van der Waals surface area contributed by atoms with Crippen LogP contribution in [-0.2, 0) is 16.0 Å². The Bertz CT molecular complexity index is 881. The molecule has 1 saturated heterocycles. The maximum Gasteiger partial charge on any atom is 0.311 e. The van der Waals surface area contributed by atoms with Gasteiger partial charge in [0, 0.05) is 34.5 Å². The van der Waals surface area contributed by atoms with Crippen molar-refractivity contribution in [1.82, 2.24) is 9.88 Å². The van der Waals surface area contributed by atoms with Crippen molar-refractivity contribution in [2.45, 2.75) is 36.2 Å². The SMILES string of the molecule is COC(=O)[C@@H]1[C@@H]2C[C@@H]3c4[nH]c5ccccc5c4CCN3C[C@H]2[C@@H](Br)C[C@H]1O. The van der Waals surface area contributed by atoms with E-state index in [-0.39, 0.29) is 22.8 Å². The summed E-state index contributed by atoms with van der Waals surface area (Å²) in [6.45, 7) is 2.01. The van der Waals surface area contributed by atoms with Crippen LogP contribution in [-0.4, -0.2) is 52.1 Å². The molecule has 2 fully saturated rings. The molecule has 1 saturated carbocycles. The Morgan fingerprint density at radius 1 is 1.30 bits per heavy atom. The van der Waals surface area contributed by atoms with Gasteiger partial charge in [0.05, 0.1) is 25.2 Å². The van der Waals surface area contributed by atoms with Gasteiger partial charge in [0.25, 0.3) is 0 Å². The van der Waals surface area contributed by atoms with Crippen molar-refractivity contribution in [2.75, 3.05) is 20.2 Å². The first kappa shape index (κ1) is 17.7. The van der Waals surface area contributed by atoms with Gasteiger partial charge in [-0.1, -0.05) is 34.1 Å². The molecule has 0 radical (unpaired) electrons. The fraction of sp³-hybridized carbons (Fsp3) is 0.571. The number of rotatable bonds is 1. The minimum absolute atomic E-state index is 0.129. The van der Waals surface area contributed by atoms with Crippen LogP contribution in [0.2, 0.25) is 0 Å². The number of methoxy groups -OCH3 is 1. The molecule has 0 unspecified atom stereocenters. The number of piperidine rings is 1. The van der Waals surface area contributed by atoms with Crippen molar-refractivity contribution < 1.29 is 14.6 Å². The predicted octanol–water partition coefficient (Wildman–Crippen LogP) is 3.02. The largest absolute Gasteiger partial charge is 0.469 e. The first-order valence-electron chi connectivity index (χ1n) is 9.82. The number of carbonyl (C=O) groups excluding carboxylic acids is 1. The first-order chi connectivity index (χ1) is 13.1. The number of aliphatic hydroxyl groups is 1. The van der Waals surface area contributed by atoms with Crippen LogP contribution in [0.5, 0.6) is 0 Å². The molecule has 6 heteroatoms. The Morgan fingerprint density at radius 3 is 2.93 bits per heavy atom.